The summed E-state index contributed by atoms with van der Waals surface area (Å²) in [5, 5.41) is 1.73. The zero-order valence-electron chi connectivity index (χ0n) is 15.5. The number of aromatic nitrogens is 5. The number of hydrogen-bond donors (Lipinski definition) is 0. The van der Waals surface area contributed by atoms with E-state index in [4.69, 9.17) is 21.3 Å². The molecule has 1 unspecified atom stereocenters. The third-order valence-corrected chi connectivity index (χ3v) is 5.56. The van der Waals surface area contributed by atoms with E-state index in [9.17, 15) is 0 Å². The number of fused-ring (bicyclic) bond motifs is 3. The number of hydrogen-bond acceptors (Lipinski definition) is 5. The van der Waals surface area contributed by atoms with Crippen LogP contribution in [0.2, 0.25) is 5.02 Å². The van der Waals surface area contributed by atoms with Crippen LogP contribution in [0.15, 0.2) is 43.0 Å². The first kappa shape index (κ1) is 17.5. The van der Waals surface area contributed by atoms with Gasteiger partial charge in [-0.3, -0.25) is 15.0 Å². The van der Waals surface area contributed by atoms with E-state index >= 15 is 0 Å². The Labute approximate surface area is 167 Å². The lowest BCUT2D eigenvalue weighted by molar-refractivity contribution is 0.00631. The summed E-state index contributed by atoms with van der Waals surface area (Å²) in [5.41, 5.74) is 3.79. The van der Waals surface area contributed by atoms with Crippen molar-refractivity contribution in [3.63, 3.8) is 0 Å². The Kier molecular flexibility index (Phi) is 4.45. The van der Waals surface area contributed by atoms with Crippen molar-refractivity contribution in [1.82, 2.24) is 24.5 Å². The molecular formula is C21H20ClN5O. The van der Waals surface area contributed by atoms with Crippen LogP contribution in [0.1, 0.15) is 37.3 Å². The molecule has 142 valence electrons. The Balaban J connectivity index is 1.75. The molecule has 1 aliphatic rings. The van der Waals surface area contributed by atoms with Gasteiger partial charge in [0, 0.05) is 48.1 Å². The molecule has 1 saturated heterocycles. The van der Waals surface area contributed by atoms with Crippen LogP contribution in [-0.2, 0) is 11.2 Å². The monoisotopic (exact) mass is 393 g/mol. The molecule has 7 heteroatoms. The smallest absolute Gasteiger partial charge is 0.116 e. The van der Waals surface area contributed by atoms with E-state index in [1.54, 1.807) is 18.6 Å². The van der Waals surface area contributed by atoms with Crippen LogP contribution >= 0.6 is 11.6 Å². The van der Waals surface area contributed by atoms with Crippen molar-refractivity contribution in [3.05, 3.63) is 59.5 Å². The van der Waals surface area contributed by atoms with E-state index in [-0.39, 0.29) is 6.10 Å². The highest BCUT2D eigenvalue weighted by Crippen LogP contribution is 2.34. The summed E-state index contributed by atoms with van der Waals surface area (Å²) in [6.07, 6.45) is 9.79. The lowest BCUT2D eigenvalue weighted by atomic mass is 10.0. The molecule has 1 aromatic carbocycles. The van der Waals surface area contributed by atoms with E-state index in [1.807, 2.05) is 24.4 Å². The molecule has 1 fully saturated rings. The number of pyridine rings is 1. The molecule has 0 radical (unpaired) electrons. The number of benzene rings is 1. The van der Waals surface area contributed by atoms with E-state index in [0.29, 0.717) is 17.5 Å². The molecule has 0 N–H and O–H groups in total. The first-order valence-corrected chi connectivity index (χ1v) is 9.88. The largest absolute Gasteiger partial charge is 0.378 e. The fourth-order valence-electron chi connectivity index (χ4n) is 4.11. The molecule has 0 saturated carbocycles. The summed E-state index contributed by atoms with van der Waals surface area (Å²) >= 11 is 6.32. The molecule has 28 heavy (non-hydrogen) atoms. The maximum atomic E-state index is 6.32. The highest BCUT2D eigenvalue weighted by molar-refractivity contribution is 6.31. The Hall–Kier alpha value is -2.57. The Bertz CT molecular complexity index is 1140. The van der Waals surface area contributed by atoms with E-state index in [2.05, 4.69) is 26.4 Å². The summed E-state index contributed by atoms with van der Waals surface area (Å²) in [5.74, 6) is 0.976. The normalized spacial score (nSPS) is 20.1. The minimum atomic E-state index is 0.220. The van der Waals surface area contributed by atoms with E-state index in [0.717, 1.165) is 52.9 Å². The first-order chi connectivity index (χ1) is 13.7. The van der Waals surface area contributed by atoms with Gasteiger partial charge in [0.1, 0.15) is 11.3 Å². The van der Waals surface area contributed by atoms with Gasteiger partial charge < -0.3 is 9.30 Å². The van der Waals surface area contributed by atoms with E-state index < -0.39 is 0 Å². The molecule has 2 atom stereocenters. The van der Waals surface area contributed by atoms with Gasteiger partial charge in [-0.15, -0.1) is 0 Å². The van der Waals surface area contributed by atoms with Gasteiger partial charge in [0.2, 0.25) is 0 Å². The van der Waals surface area contributed by atoms with Gasteiger partial charge in [-0.25, -0.2) is 4.98 Å². The summed E-state index contributed by atoms with van der Waals surface area (Å²) in [4.78, 5) is 18.2. The second-order valence-electron chi connectivity index (χ2n) is 7.28. The van der Waals surface area contributed by atoms with Gasteiger partial charge in [0.15, 0.2) is 0 Å². The summed E-state index contributed by atoms with van der Waals surface area (Å²) in [6, 6.07) is 6.13. The summed E-state index contributed by atoms with van der Waals surface area (Å²) in [6.45, 7) is 2.88. The lowest BCUT2D eigenvalue weighted by Gasteiger charge is -2.30. The Morgan fingerprint density at radius 1 is 1.18 bits per heavy atom. The molecule has 0 aliphatic carbocycles. The van der Waals surface area contributed by atoms with Gasteiger partial charge >= 0.3 is 0 Å². The second-order valence-corrected chi connectivity index (χ2v) is 7.72. The predicted molar refractivity (Wildman–Crippen MR) is 109 cm³/mol. The molecule has 0 amide bonds. The average Bonchev–Trinajstić information content (AvgIpc) is 3.07. The third-order valence-electron chi connectivity index (χ3n) is 5.33. The van der Waals surface area contributed by atoms with Crippen molar-refractivity contribution in [2.45, 2.75) is 38.3 Å². The van der Waals surface area contributed by atoms with Gasteiger partial charge in [-0.2, -0.15) is 0 Å². The minimum absolute atomic E-state index is 0.220. The summed E-state index contributed by atoms with van der Waals surface area (Å²) in [7, 11) is 0. The zero-order chi connectivity index (χ0) is 19.1. The van der Waals surface area contributed by atoms with Crippen LogP contribution in [0.4, 0.5) is 0 Å². The van der Waals surface area contributed by atoms with E-state index in [1.165, 1.54) is 0 Å². The molecular weight excluding hydrogens is 374 g/mol. The minimum Gasteiger partial charge on any atom is -0.378 e. The van der Waals surface area contributed by atoms with Gasteiger partial charge in [0.25, 0.3) is 0 Å². The van der Waals surface area contributed by atoms with Crippen LogP contribution in [0.3, 0.4) is 0 Å². The SMILES string of the molecule is C[C@@H]1CC(n2c(Cc3cnccn3)nc3cnc4ccc(Cl)cc4c32)CCO1. The van der Waals surface area contributed by atoms with Crippen molar-refractivity contribution in [1.29, 1.82) is 0 Å². The van der Waals surface area contributed by atoms with Crippen molar-refractivity contribution in [2.75, 3.05) is 6.61 Å². The highest BCUT2D eigenvalue weighted by Gasteiger charge is 2.26. The number of rotatable bonds is 3. The maximum absolute atomic E-state index is 6.32. The standard InChI is InChI=1S/C21H20ClN5O/c1-13-8-16(4-7-28-13)27-20(10-15-11-23-5-6-24-15)26-19-12-25-18-3-2-14(22)9-17(18)21(19)27/h2-3,5-6,9,11-13,16H,4,7-8,10H2,1H3/t13-,16?/m1/s1. The Morgan fingerprint density at radius 3 is 2.93 bits per heavy atom. The third kappa shape index (κ3) is 3.12. The molecule has 3 aromatic heterocycles. The quantitative estimate of drug-likeness (QED) is 0.517. The van der Waals surface area contributed by atoms with Crippen LogP contribution in [0.5, 0.6) is 0 Å². The van der Waals surface area contributed by atoms with Gasteiger partial charge in [-0.1, -0.05) is 11.6 Å². The topological polar surface area (TPSA) is 65.7 Å². The predicted octanol–water partition coefficient (Wildman–Crippen LogP) is 4.36. The number of imidazole rings is 1. The average molecular weight is 394 g/mol. The van der Waals surface area contributed by atoms with Crippen molar-refractivity contribution >= 4 is 33.5 Å². The van der Waals surface area contributed by atoms with Gasteiger partial charge in [-0.05, 0) is 38.0 Å². The van der Waals surface area contributed by atoms with Gasteiger partial charge in [0.05, 0.1) is 29.0 Å². The van der Waals surface area contributed by atoms with Crippen molar-refractivity contribution < 1.29 is 4.74 Å². The Morgan fingerprint density at radius 2 is 2.11 bits per heavy atom. The van der Waals surface area contributed by atoms with Crippen LogP contribution in [0, 0.1) is 0 Å². The molecule has 0 bridgehead atoms. The highest BCUT2D eigenvalue weighted by atomic mass is 35.5. The maximum Gasteiger partial charge on any atom is 0.116 e. The molecule has 0 spiro atoms. The van der Waals surface area contributed by atoms with Crippen molar-refractivity contribution in [2.24, 2.45) is 0 Å². The summed E-state index contributed by atoms with van der Waals surface area (Å²) < 4.78 is 8.16. The van der Waals surface area contributed by atoms with Crippen molar-refractivity contribution in [3.8, 4) is 0 Å². The molecule has 6 nitrogen and oxygen atoms in total. The number of halogens is 1. The number of ether oxygens (including phenoxy) is 1. The lowest BCUT2D eigenvalue weighted by Crippen LogP contribution is -2.26. The molecule has 5 rings (SSSR count). The number of nitrogens with zero attached hydrogens (tertiary/aromatic N) is 5. The fourth-order valence-corrected chi connectivity index (χ4v) is 4.28. The fraction of sp³-hybridized carbons (Fsp3) is 0.333. The van der Waals surface area contributed by atoms with Crippen LogP contribution < -0.4 is 0 Å². The second kappa shape index (κ2) is 7.11. The van der Waals surface area contributed by atoms with Crippen LogP contribution in [0.25, 0.3) is 21.9 Å². The molecule has 4 heterocycles. The zero-order valence-corrected chi connectivity index (χ0v) is 16.3. The van der Waals surface area contributed by atoms with Crippen LogP contribution in [-0.4, -0.2) is 37.2 Å². The molecule has 1 aliphatic heterocycles. The first-order valence-electron chi connectivity index (χ1n) is 9.50. The molecule has 4 aromatic rings.